The maximum Gasteiger partial charge on any atom is 0.339 e. The van der Waals surface area contributed by atoms with Crippen molar-refractivity contribution < 1.29 is 24.2 Å². The fraction of sp³-hybridized carbons (Fsp3) is 0.421. The molecule has 8 heteroatoms. The van der Waals surface area contributed by atoms with Crippen molar-refractivity contribution in [3.8, 4) is 11.5 Å². The van der Waals surface area contributed by atoms with Crippen LogP contribution < -0.4 is 9.47 Å². The van der Waals surface area contributed by atoms with E-state index in [0.717, 1.165) is 0 Å². The minimum atomic E-state index is -0.974. The van der Waals surface area contributed by atoms with Gasteiger partial charge in [-0.25, -0.2) is 4.79 Å². The molecule has 0 saturated carbocycles. The van der Waals surface area contributed by atoms with Crippen molar-refractivity contribution in [3.63, 3.8) is 0 Å². The minimum Gasteiger partial charge on any atom is -0.497 e. The molecule has 1 aromatic carbocycles. The van der Waals surface area contributed by atoms with Crippen molar-refractivity contribution in [1.29, 1.82) is 0 Å². The number of carbonyl (C=O) groups is 2. The summed E-state index contributed by atoms with van der Waals surface area (Å²) in [7, 11) is 3.10. The van der Waals surface area contributed by atoms with Crippen molar-refractivity contribution in [2.75, 3.05) is 27.3 Å². The average molecular weight is 373 g/mol. The Labute approximate surface area is 157 Å². The number of hydrogen-bond donors (Lipinski definition) is 1. The lowest BCUT2D eigenvalue weighted by Crippen LogP contribution is -2.39. The molecule has 0 radical (unpaired) electrons. The zero-order chi connectivity index (χ0) is 19.6. The summed E-state index contributed by atoms with van der Waals surface area (Å²) in [5.41, 5.74) is 1.38. The molecular formula is C19H23N3O5. The maximum atomic E-state index is 12.9. The molecule has 0 bridgehead atoms. The van der Waals surface area contributed by atoms with Gasteiger partial charge in [0, 0.05) is 24.7 Å². The van der Waals surface area contributed by atoms with Gasteiger partial charge in [-0.1, -0.05) is 0 Å². The van der Waals surface area contributed by atoms with Gasteiger partial charge in [-0.3, -0.25) is 9.48 Å². The molecule has 1 aliphatic heterocycles. The van der Waals surface area contributed by atoms with E-state index < -0.39 is 5.97 Å². The molecule has 0 atom stereocenters. The number of aromatic nitrogens is 2. The number of likely N-dealkylation sites (tertiary alicyclic amines) is 1. The highest BCUT2D eigenvalue weighted by atomic mass is 16.5. The van der Waals surface area contributed by atoms with Crippen molar-refractivity contribution in [1.82, 2.24) is 14.7 Å². The third kappa shape index (κ3) is 3.74. The molecule has 2 heterocycles. The van der Waals surface area contributed by atoms with E-state index in [9.17, 15) is 14.7 Å². The SMILES string of the molecule is COc1cc(OC)cc(C(=O)N2CCC(n3ncc(C(=O)O)c3C)CC2)c1. The van der Waals surface area contributed by atoms with E-state index >= 15 is 0 Å². The summed E-state index contributed by atoms with van der Waals surface area (Å²) in [6.45, 7) is 2.91. The molecule has 1 N–H and O–H groups in total. The van der Waals surface area contributed by atoms with Crippen molar-refractivity contribution in [2.45, 2.75) is 25.8 Å². The van der Waals surface area contributed by atoms with Crippen LogP contribution in [-0.2, 0) is 0 Å². The van der Waals surface area contributed by atoms with Crippen LogP contribution in [0.4, 0.5) is 0 Å². The monoisotopic (exact) mass is 373 g/mol. The van der Waals surface area contributed by atoms with E-state index in [1.54, 1.807) is 48.9 Å². The van der Waals surface area contributed by atoms with E-state index in [4.69, 9.17) is 9.47 Å². The number of carboxylic acid groups (broad SMARTS) is 1. The summed E-state index contributed by atoms with van der Waals surface area (Å²) in [6, 6.07) is 5.22. The van der Waals surface area contributed by atoms with Crippen LogP contribution in [0.3, 0.4) is 0 Å². The lowest BCUT2D eigenvalue weighted by molar-refractivity contribution is 0.0687. The Morgan fingerprint density at radius 2 is 1.70 bits per heavy atom. The summed E-state index contributed by atoms with van der Waals surface area (Å²) in [6.07, 6.45) is 2.82. The topological polar surface area (TPSA) is 93.9 Å². The highest BCUT2D eigenvalue weighted by molar-refractivity contribution is 5.95. The molecule has 0 spiro atoms. The predicted octanol–water partition coefficient (Wildman–Crippen LogP) is 2.38. The van der Waals surface area contributed by atoms with Crippen molar-refractivity contribution in [2.24, 2.45) is 0 Å². The summed E-state index contributed by atoms with van der Waals surface area (Å²) in [4.78, 5) is 25.8. The molecule has 1 saturated heterocycles. The molecular weight excluding hydrogens is 350 g/mol. The van der Waals surface area contributed by atoms with E-state index in [1.165, 1.54) is 6.20 Å². The number of amides is 1. The molecule has 2 aromatic rings. The molecule has 27 heavy (non-hydrogen) atoms. The van der Waals surface area contributed by atoms with Gasteiger partial charge >= 0.3 is 5.97 Å². The highest BCUT2D eigenvalue weighted by Gasteiger charge is 2.27. The number of ether oxygens (including phenoxy) is 2. The number of piperidine rings is 1. The lowest BCUT2D eigenvalue weighted by atomic mass is 10.0. The van der Waals surface area contributed by atoms with Crippen LogP contribution in [0.2, 0.25) is 0 Å². The standard InChI is InChI=1S/C19H23N3O5/c1-12-17(19(24)25)11-20-22(12)14-4-6-21(7-5-14)18(23)13-8-15(26-2)10-16(9-13)27-3/h8-11,14H,4-7H2,1-3H3,(H,24,25). The van der Waals surface area contributed by atoms with Crippen LogP contribution in [0, 0.1) is 6.92 Å². The van der Waals surface area contributed by atoms with E-state index in [2.05, 4.69) is 5.10 Å². The second kappa shape index (κ2) is 7.69. The quantitative estimate of drug-likeness (QED) is 0.865. The molecule has 0 aliphatic carbocycles. The van der Waals surface area contributed by atoms with Gasteiger partial charge < -0.3 is 19.5 Å². The van der Waals surface area contributed by atoms with Gasteiger partial charge in [-0.05, 0) is 31.9 Å². The molecule has 1 amide bonds. The molecule has 8 nitrogen and oxygen atoms in total. The van der Waals surface area contributed by atoms with Crippen LogP contribution in [0.5, 0.6) is 11.5 Å². The van der Waals surface area contributed by atoms with Gasteiger partial charge in [-0.15, -0.1) is 0 Å². The number of carboxylic acids is 1. The largest absolute Gasteiger partial charge is 0.497 e. The predicted molar refractivity (Wildman–Crippen MR) is 97.6 cm³/mol. The number of benzene rings is 1. The smallest absolute Gasteiger partial charge is 0.339 e. The molecule has 1 aromatic heterocycles. The van der Waals surface area contributed by atoms with E-state index in [-0.39, 0.29) is 17.5 Å². The Morgan fingerprint density at radius 1 is 1.11 bits per heavy atom. The summed E-state index contributed by atoms with van der Waals surface area (Å²) in [5, 5.41) is 13.4. The fourth-order valence-electron chi connectivity index (χ4n) is 3.43. The second-order valence-corrected chi connectivity index (χ2v) is 6.52. The van der Waals surface area contributed by atoms with Gasteiger partial charge in [0.2, 0.25) is 0 Å². The van der Waals surface area contributed by atoms with E-state index in [1.807, 2.05) is 0 Å². The first-order valence-corrected chi connectivity index (χ1v) is 8.74. The molecule has 1 aliphatic rings. The molecule has 3 rings (SSSR count). The normalized spacial score (nSPS) is 14.9. The van der Waals surface area contributed by atoms with Gasteiger partial charge in [-0.2, -0.15) is 5.10 Å². The van der Waals surface area contributed by atoms with Gasteiger partial charge in [0.15, 0.2) is 0 Å². The average Bonchev–Trinajstić information content (AvgIpc) is 3.08. The van der Waals surface area contributed by atoms with Crippen LogP contribution in [-0.4, -0.2) is 59.0 Å². The van der Waals surface area contributed by atoms with Crippen LogP contribution >= 0.6 is 0 Å². The molecule has 144 valence electrons. The van der Waals surface area contributed by atoms with E-state index in [0.29, 0.717) is 48.7 Å². The maximum absolute atomic E-state index is 12.9. The van der Waals surface area contributed by atoms with Crippen LogP contribution in [0.15, 0.2) is 24.4 Å². The lowest BCUT2D eigenvalue weighted by Gasteiger charge is -2.32. The Bertz CT molecular complexity index is 831. The first-order valence-electron chi connectivity index (χ1n) is 8.74. The Kier molecular flexibility index (Phi) is 5.34. The molecule has 0 unspecified atom stereocenters. The zero-order valence-electron chi connectivity index (χ0n) is 15.6. The minimum absolute atomic E-state index is 0.0749. The first-order chi connectivity index (χ1) is 12.9. The third-order valence-electron chi connectivity index (χ3n) is 4.97. The Hall–Kier alpha value is -3.03. The number of carbonyl (C=O) groups excluding carboxylic acids is 1. The Balaban J connectivity index is 1.70. The third-order valence-corrected chi connectivity index (χ3v) is 4.97. The summed E-state index contributed by atoms with van der Waals surface area (Å²) < 4.78 is 12.2. The fourth-order valence-corrected chi connectivity index (χ4v) is 3.43. The van der Waals surface area contributed by atoms with Crippen LogP contribution in [0.1, 0.15) is 45.3 Å². The zero-order valence-corrected chi connectivity index (χ0v) is 15.6. The first kappa shape index (κ1) is 18.8. The van der Waals surface area contributed by atoms with Crippen molar-refractivity contribution >= 4 is 11.9 Å². The number of aromatic carboxylic acids is 1. The number of rotatable bonds is 5. The highest BCUT2D eigenvalue weighted by Crippen LogP contribution is 2.28. The number of hydrogen-bond acceptors (Lipinski definition) is 5. The summed E-state index contributed by atoms with van der Waals surface area (Å²) in [5.74, 6) is 0.0919. The van der Waals surface area contributed by atoms with Crippen LogP contribution in [0.25, 0.3) is 0 Å². The van der Waals surface area contributed by atoms with Crippen molar-refractivity contribution in [3.05, 3.63) is 41.2 Å². The second-order valence-electron chi connectivity index (χ2n) is 6.52. The van der Waals surface area contributed by atoms with Gasteiger partial charge in [0.25, 0.3) is 5.91 Å². The molecule has 1 fully saturated rings. The number of nitrogens with zero attached hydrogens (tertiary/aromatic N) is 3. The summed E-state index contributed by atoms with van der Waals surface area (Å²) >= 11 is 0. The number of methoxy groups -OCH3 is 2. The van der Waals surface area contributed by atoms with Gasteiger partial charge in [0.1, 0.15) is 17.1 Å². The van der Waals surface area contributed by atoms with Gasteiger partial charge in [0.05, 0.1) is 32.2 Å². The Morgan fingerprint density at radius 3 is 2.19 bits per heavy atom.